The highest BCUT2D eigenvalue weighted by atomic mass is 35.5. The first-order chi connectivity index (χ1) is 9.38. The van der Waals surface area contributed by atoms with E-state index in [4.69, 9.17) is 11.6 Å². The number of rotatable bonds is 2. The van der Waals surface area contributed by atoms with Gasteiger partial charge in [0.25, 0.3) is 5.91 Å². The number of aryl methyl sites for hydroxylation is 2. The Bertz CT molecular complexity index is 689. The molecule has 2 rings (SSSR count). The first kappa shape index (κ1) is 14.3. The summed E-state index contributed by atoms with van der Waals surface area (Å²) >= 11 is 5.77. The number of phenols is 1. The third kappa shape index (κ3) is 2.88. The summed E-state index contributed by atoms with van der Waals surface area (Å²) in [5.41, 5.74) is 1.78. The predicted molar refractivity (Wildman–Crippen MR) is 74.7 cm³/mol. The summed E-state index contributed by atoms with van der Waals surface area (Å²) in [6.07, 6.45) is 0.940. The van der Waals surface area contributed by atoms with Crippen LogP contribution in [-0.4, -0.2) is 16.0 Å². The number of halogens is 2. The lowest BCUT2D eigenvalue weighted by atomic mass is 10.1. The summed E-state index contributed by atoms with van der Waals surface area (Å²) in [6.45, 7) is 3.45. The van der Waals surface area contributed by atoms with Gasteiger partial charge in [-0.2, -0.15) is 0 Å². The van der Waals surface area contributed by atoms with Gasteiger partial charge in [0.2, 0.25) is 0 Å². The molecule has 0 saturated heterocycles. The summed E-state index contributed by atoms with van der Waals surface area (Å²) in [5, 5.41) is 12.1. The fraction of sp³-hybridized carbons (Fsp3) is 0.143. The highest BCUT2D eigenvalue weighted by Gasteiger charge is 2.14. The lowest BCUT2D eigenvalue weighted by molar-refractivity contribution is 0.102. The number of hydrogen-bond donors (Lipinski definition) is 2. The van der Waals surface area contributed by atoms with E-state index < -0.39 is 11.7 Å². The molecule has 0 unspecified atom stereocenters. The number of aromatic nitrogens is 1. The Hall–Kier alpha value is -2.14. The van der Waals surface area contributed by atoms with Crippen molar-refractivity contribution < 1.29 is 14.3 Å². The molecule has 2 aromatic rings. The van der Waals surface area contributed by atoms with Gasteiger partial charge < -0.3 is 10.4 Å². The number of amides is 1. The van der Waals surface area contributed by atoms with E-state index in [1.54, 1.807) is 19.9 Å². The molecule has 1 aromatic carbocycles. The maximum atomic E-state index is 13.1. The van der Waals surface area contributed by atoms with Crippen molar-refractivity contribution in [2.45, 2.75) is 13.8 Å². The van der Waals surface area contributed by atoms with Crippen molar-refractivity contribution >= 4 is 23.2 Å². The molecule has 6 heteroatoms. The standard InChI is InChI=1S/C14H12ClFN2O2/c1-7-4-12(19)8(2)3-11(7)18-14(20)10-5-9(16)6-17-13(10)15/h3-6,19H,1-2H3,(H,18,20). The molecule has 104 valence electrons. The SMILES string of the molecule is Cc1cc(NC(=O)c2cc(F)cnc2Cl)c(C)cc1O. The fourth-order valence-electron chi connectivity index (χ4n) is 1.71. The molecule has 0 spiro atoms. The molecule has 1 heterocycles. The molecule has 1 amide bonds. The molecule has 4 nitrogen and oxygen atoms in total. The van der Waals surface area contributed by atoms with Gasteiger partial charge in [-0.05, 0) is 43.2 Å². The predicted octanol–water partition coefficient (Wildman–Crippen LogP) is 3.45. The van der Waals surface area contributed by atoms with Crippen molar-refractivity contribution in [2.24, 2.45) is 0 Å². The first-order valence-electron chi connectivity index (χ1n) is 5.81. The third-order valence-corrected chi connectivity index (χ3v) is 3.14. The van der Waals surface area contributed by atoms with Crippen molar-refractivity contribution in [1.82, 2.24) is 4.98 Å². The molecule has 2 N–H and O–H groups in total. The highest BCUT2D eigenvalue weighted by Crippen LogP contribution is 2.26. The van der Waals surface area contributed by atoms with Crippen LogP contribution in [0.15, 0.2) is 24.4 Å². The van der Waals surface area contributed by atoms with E-state index in [1.807, 2.05) is 0 Å². The van der Waals surface area contributed by atoms with Crippen molar-refractivity contribution in [3.63, 3.8) is 0 Å². The molecule has 0 atom stereocenters. The quantitative estimate of drug-likeness (QED) is 0.659. The maximum absolute atomic E-state index is 13.1. The Balaban J connectivity index is 2.32. The molecular formula is C14H12ClFN2O2. The van der Waals surface area contributed by atoms with Gasteiger partial charge in [-0.25, -0.2) is 9.37 Å². The number of anilines is 1. The van der Waals surface area contributed by atoms with E-state index in [9.17, 15) is 14.3 Å². The van der Waals surface area contributed by atoms with Crippen molar-refractivity contribution in [2.75, 3.05) is 5.32 Å². The lowest BCUT2D eigenvalue weighted by Gasteiger charge is -2.11. The minimum Gasteiger partial charge on any atom is -0.508 e. The Morgan fingerprint density at radius 3 is 2.70 bits per heavy atom. The van der Waals surface area contributed by atoms with Gasteiger partial charge in [0.1, 0.15) is 16.7 Å². The zero-order chi connectivity index (χ0) is 14.9. The van der Waals surface area contributed by atoms with Crippen molar-refractivity contribution in [3.8, 4) is 5.75 Å². The number of carbonyl (C=O) groups is 1. The van der Waals surface area contributed by atoms with Gasteiger partial charge in [0, 0.05) is 5.69 Å². The topological polar surface area (TPSA) is 62.2 Å². The van der Waals surface area contributed by atoms with Crippen LogP contribution in [0.5, 0.6) is 5.75 Å². The van der Waals surface area contributed by atoms with E-state index in [2.05, 4.69) is 10.3 Å². The summed E-state index contributed by atoms with van der Waals surface area (Å²) < 4.78 is 13.1. The average molecular weight is 295 g/mol. The normalized spacial score (nSPS) is 10.4. The Morgan fingerprint density at radius 2 is 2.00 bits per heavy atom. The number of nitrogens with one attached hydrogen (secondary N) is 1. The lowest BCUT2D eigenvalue weighted by Crippen LogP contribution is -2.14. The minimum atomic E-state index is -0.641. The second-order valence-corrected chi connectivity index (χ2v) is 4.76. The van der Waals surface area contributed by atoms with E-state index in [0.717, 1.165) is 12.3 Å². The number of aromatic hydroxyl groups is 1. The van der Waals surface area contributed by atoms with Gasteiger partial charge in [-0.3, -0.25) is 4.79 Å². The van der Waals surface area contributed by atoms with Crippen LogP contribution in [0.3, 0.4) is 0 Å². The molecule has 1 aromatic heterocycles. The van der Waals surface area contributed by atoms with Crippen LogP contribution in [0.2, 0.25) is 5.15 Å². The Kier molecular flexibility index (Phi) is 3.90. The van der Waals surface area contributed by atoms with Crippen molar-refractivity contribution in [3.05, 3.63) is 52.1 Å². The monoisotopic (exact) mass is 294 g/mol. The summed E-state index contributed by atoms with van der Waals surface area (Å²) in [4.78, 5) is 15.7. The second kappa shape index (κ2) is 5.46. The highest BCUT2D eigenvalue weighted by molar-refractivity contribution is 6.33. The molecule has 0 bridgehead atoms. The third-order valence-electron chi connectivity index (χ3n) is 2.84. The van der Waals surface area contributed by atoms with E-state index in [0.29, 0.717) is 16.8 Å². The number of phenolic OH excluding ortho intramolecular Hbond substituents is 1. The van der Waals surface area contributed by atoms with Crippen LogP contribution >= 0.6 is 11.6 Å². The van der Waals surface area contributed by atoms with Gasteiger partial charge in [-0.1, -0.05) is 11.6 Å². The second-order valence-electron chi connectivity index (χ2n) is 4.40. The number of carbonyl (C=O) groups excluding carboxylic acids is 1. The summed E-state index contributed by atoms with van der Waals surface area (Å²) in [6, 6.07) is 4.19. The van der Waals surface area contributed by atoms with Crippen molar-refractivity contribution in [1.29, 1.82) is 0 Å². The molecule has 0 radical (unpaired) electrons. The van der Waals surface area contributed by atoms with Gasteiger partial charge in [0.15, 0.2) is 0 Å². The van der Waals surface area contributed by atoms with Crippen LogP contribution in [0.1, 0.15) is 21.5 Å². The van der Waals surface area contributed by atoms with E-state index in [1.165, 1.54) is 6.07 Å². The smallest absolute Gasteiger partial charge is 0.258 e. The summed E-state index contributed by atoms with van der Waals surface area (Å²) in [5.74, 6) is -1.06. The first-order valence-corrected chi connectivity index (χ1v) is 6.19. The van der Waals surface area contributed by atoms with E-state index in [-0.39, 0.29) is 16.5 Å². The number of hydrogen-bond acceptors (Lipinski definition) is 3. The molecule has 0 fully saturated rings. The number of benzene rings is 1. The van der Waals surface area contributed by atoms with Gasteiger partial charge in [-0.15, -0.1) is 0 Å². The molecule has 0 aliphatic carbocycles. The maximum Gasteiger partial charge on any atom is 0.258 e. The zero-order valence-corrected chi connectivity index (χ0v) is 11.6. The minimum absolute atomic E-state index is 0.0446. The zero-order valence-electron chi connectivity index (χ0n) is 10.9. The van der Waals surface area contributed by atoms with E-state index >= 15 is 0 Å². The molecule has 0 aliphatic rings. The fourth-order valence-corrected chi connectivity index (χ4v) is 1.90. The van der Waals surface area contributed by atoms with Crippen LogP contribution in [0.4, 0.5) is 10.1 Å². The Labute approximate surface area is 120 Å². The van der Waals surface area contributed by atoms with Crippen LogP contribution in [0, 0.1) is 19.7 Å². The molecule has 0 aliphatic heterocycles. The molecule has 0 saturated carbocycles. The van der Waals surface area contributed by atoms with Crippen LogP contribution < -0.4 is 5.32 Å². The Morgan fingerprint density at radius 1 is 1.30 bits per heavy atom. The number of nitrogens with zero attached hydrogens (tertiary/aromatic N) is 1. The van der Waals surface area contributed by atoms with Crippen LogP contribution in [-0.2, 0) is 0 Å². The molecule has 20 heavy (non-hydrogen) atoms. The molecular weight excluding hydrogens is 283 g/mol. The van der Waals surface area contributed by atoms with Gasteiger partial charge >= 0.3 is 0 Å². The largest absolute Gasteiger partial charge is 0.508 e. The average Bonchev–Trinajstić information content (AvgIpc) is 2.38. The van der Waals surface area contributed by atoms with Gasteiger partial charge in [0.05, 0.1) is 11.8 Å². The number of pyridine rings is 1. The summed E-state index contributed by atoms with van der Waals surface area (Å²) in [7, 11) is 0. The van der Waals surface area contributed by atoms with Crippen LogP contribution in [0.25, 0.3) is 0 Å².